The lowest BCUT2D eigenvalue weighted by Gasteiger charge is -2.22. The highest BCUT2D eigenvalue weighted by Crippen LogP contribution is 2.21. The molecule has 0 saturated carbocycles. The van der Waals surface area contributed by atoms with Crippen molar-refractivity contribution >= 4 is 0 Å². The molecule has 0 aromatic heterocycles. The van der Waals surface area contributed by atoms with Gasteiger partial charge in [-0.1, -0.05) is 6.07 Å². The van der Waals surface area contributed by atoms with Crippen molar-refractivity contribution in [3.05, 3.63) is 35.4 Å². The zero-order valence-corrected chi connectivity index (χ0v) is 9.88. The second-order valence-electron chi connectivity index (χ2n) is 4.46. The fraction of sp³-hybridized carbons (Fsp3) is 0.538. The Hall–Kier alpha value is -1.00. The Kier molecular flexibility index (Phi) is 4.07. The summed E-state index contributed by atoms with van der Waals surface area (Å²) in [6, 6.07) is 3.94. The molecule has 0 amide bonds. The lowest BCUT2D eigenvalue weighted by Crippen LogP contribution is -2.36. The van der Waals surface area contributed by atoms with Crippen molar-refractivity contribution in [2.75, 3.05) is 20.3 Å². The monoisotopic (exact) mass is 241 g/mol. The molecule has 1 heterocycles. The lowest BCUT2D eigenvalue weighted by molar-refractivity contribution is 0.177. The molecule has 94 valence electrons. The molecule has 1 N–H and O–H groups in total. The number of ether oxygens (including phenoxy) is 1. The average molecular weight is 241 g/mol. The maximum absolute atomic E-state index is 13.5. The van der Waals surface area contributed by atoms with Gasteiger partial charge in [0.1, 0.15) is 11.6 Å². The van der Waals surface area contributed by atoms with E-state index in [1.807, 2.05) is 7.05 Å². The van der Waals surface area contributed by atoms with Gasteiger partial charge in [-0.3, -0.25) is 0 Å². The number of hydrogen-bond acceptors (Lipinski definition) is 2. The summed E-state index contributed by atoms with van der Waals surface area (Å²) in [6.07, 6.45) is 1.56. The summed E-state index contributed by atoms with van der Waals surface area (Å²) in [6.45, 7) is 1.49. The van der Waals surface area contributed by atoms with E-state index < -0.39 is 11.6 Å². The predicted octanol–water partition coefficient (Wildman–Crippen LogP) is 2.13. The number of halogens is 2. The standard InChI is InChI=1S/C13H17F2NO/c1-16-13(10-4-5-17-8-10)6-9-2-3-11(14)7-12(9)15/h2-3,7,10,13,16H,4-6,8H2,1H3. The van der Waals surface area contributed by atoms with Gasteiger partial charge in [0.2, 0.25) is 0 Å². The topological polar surface area (TPSA) is 21.3 Å². The molecule has 2 nitrogen and oxygen atoms in total. The first kappa shape index (κ1) is 12.5. The smallest absolute Gasteiger partial charge is 0.129 e. The molecule has 0 spiro atoms. The van der Waals surface area contributed by atoms with E-state index >= 15 is 0 Å². The van der Waals surface area contributed by atoms with Gasteiger partial charge in [0.25, 0.3) is 0 Å². The van der Waals surface area contributed by atoms with Gasteiger partial charge in [0.15, 0.2) is 0 Å². The summed E-state index contributed by atoms with van der Waals surface area (Å²) in [5, 5.41) is 3.19. The second-order valence-corrected chi connectivity index (χ2v) is 4.46. The van der Waals surface area contributed by atoms with Crippen molar-refractivity contribution < 1.29 is 13.5 Å². The zero-order chi connectivity index (χ0) is 12.3. The van der Waals surface area contributed by atoms with Crippen LogP contribution >= 0.6 is 0 Å². The normalized spacial score (nSPS) is 21.7. The molecule has 0 bridgehead atoms. The summed E-state index contributed by atoms with van der Waals surface area (Å²) in [5.41, 5.74) is 0.553. The van der Waals surface area contributed by atoms with Gasteiger partial charge in [-0.15, -0.1) is 0 Å². The minimum atomic E-state index is -0.531. The van der Waals surface area contributed by atoms with Crippen LogP contribution in [-0.2, 0) is 11.2 Å². The van der Waals surface area contributed by atoms with Gasteiger partial charge in [0.05, 0.1) is 6.61 Å². The average Bonchev–Trinajstić information content (AvgIpc) is 2.81. The Morgan fingerprint density at radius 2 is 2.29 bits per heavy atom. The minimum Gasteiger partial charge on any atom is -0.381 e. The molecule has 2 unspecified atom stereocenters. The number of likely N-dealkylation sites (N-methyl/N-ethyl adjacent to an activating group) is 1. The van der Waals surface area contributed by atoms with E-state index in [9.17, 15) is 8.78 Å². The number of benzene rings is 1. The zero-order valence-electron chi connectivity index (χ0n) is 9.88. The fourth-order valence-corrected chi connectivity index (χ4v) is 2.30. The lowest BCUT2D eigenvalue weighted by atomic mass is 9.93. The van der Waals surface area contributed by atoms with Crippen LogP contribution in [0.1, 0.15) is 12.0 Å². The first-order valence-electron chi connectivity index (χ1n) is 5.89. The van der Waals surface area contributed by atoms with Crippen LogP contribution in [-0.4, -0.2) is 26.3 Å². The van der Waals surface area contributed by atoms with Crippen LogP contribution in [0, 0.1) is 17.6 Å². The van der Waals surface area contributed by atoms with Crippen LogP contribution < -0.4 is 5.32 Å². The Morgan fingerprint density at radius 3 is 2.88 bits per heavy atom. The van der Waals surface area contributed by atoms with E-state index in [0.717, 1.165) is 19.1 Å². The van der Waals surface area contributed by atoms with E-state index in [1.165, 1.54) is 12.1 Å². The van der Waals surface area contributed by atoms with Gasteiger partial charge in [-0.05, 0) is 31.5 Å². The van der Waals surface area contributed by atoms with E-state index in [1.54, 1.807) is 0 Å². The molecule has 4 heteroatoms. The van der Waals surface area contributed by atoms with Crippen molar-refractivity contribution in [2.24, 2.45) is 5.92 Å². The molecule has 1 aromatic rings. The highest BCUT2D eigenvalue weighted by Gasteiger charge is 2.25. The quantitative estimate of drug-likeness (QED) is 0.872. The Bertz CT molecular complexity index is 378. The van der Waals surface area contributed by atoms with Crippen LogP contribution in [0.3, 0.4) is 0 Å². The minimum absolute atomic E-state index is 0.178. The van der Waals surface area contributed by atoms with Crippen LogP contribution in [0.15, 0.2) is 18.2 Å². The van der Waals surface area contributed by atoms with E-state index in [2.05, 4.69) is 5.32 Å². The third-order valence-corrected chi connectivity index (χ3v) is 3.36. The maximum Gasteiger partial charge on any atom is 0.129 e. The molecule has 1 aliphatic heterocycles. The molecule has 2 rings (SSSR count). The van der Waals surface area contributed by atoms with Crippen molar-refractivity contribution in [2.45, 2.75) is 18.9 Å². The van der Waals surface area contributed by atoms with Gasteiger partial charge in [-0.2, -0.15) is 0 Å². The van der Waals surface area contributed by atoms with Crippen molar-refractivity contribution in [3.63, 3.8) is 0 Å². The van der Waals surface area contributed by atoms with E-state index in [4.69, 9.17) is 4.74 Å². The Labute approximate surface area is 100.0 Å². The molecule has 1 saturated heterocycles. The largest absolute Gasteiger partial charge is 0.381 e. The van der Waals surface area contributed by atoms with Crippen molar-refractivity contribution in [1.29, 1.82) is 0 Å². The number of rotatable bonds is 4. The highest BCUT2D eigenvalue weighted by atomic mass is 19.1. The van der Waals surface area contributed by atoms with E-state index in [0.29, 0.717) is 24.5 Å². The maximum atomic E-state index is 13.5. The Balaban J connectivity index is 2.06. The first-order chi connectivity index (χ1) is 8.20. The van der Waals surface area contributed by atoms with Gasteiger partial charge >= 0.3 is 0 Å². The molecule has 0 aliphatic carbocycles. The Morgan fingerprint density at radius 1 is 1.47 bits per heavy atom. The van der Waals surface area contributed by atoms with Gasteiger partial charge in [-0.25, -0.2) is 8.78 Å². The van der Waals surface area contributed by atoms with Crippen LogP contribution in [0.4, 0.5) is 8.78 Å². The molecule has 1 fully saturated rings. The third-order valence-electron chi connectivity index (χ3n) is 3.36. The summed E-state index contributed by atoms with van der Waals surface area (Å²) in [4.78, 5) is 0. The molecular formula is C13H17F2NO. The van der Waals surface area contributed by atoms with Crippen molar-refractivity contribution in [1.82, 2.24) is 5.32 Å². The molecule has 1 aromatic carbocycles. The summed E-state index contributed by atoms with van der Waals surface area (Å²) >= 11 is 0. The van der Waals surface area contributed by atoms with Crippen molar-refractivity contribution in [3.8, 4) is 0 Å². The molecule has 17 heavy (non-hydrogen) atoms. The highest BCUT2D eigenvalue weighted by molar-refractivity contribution is 5.19. The second kappa shape index (κ2) is 5.56. The first-order valence-corrected chi connectivity index (χ1v) is 5.89. The van der Waals surface area contributed by atoms with Gasteiger partial charge < -0.3 is 10.1 Å². The molecule has 2 atom stereocenters. The fourth-order valence-electron chi connectivity index (χ4n) is 2.30. The third kappa shape index (κ3) is 3.01. The van der Waals surface area contributed by atoms with Crippen LogP contribution in [0.5, 0.6) is 0 Å². The van der Waals surface area contributed by atoms with Gasteiger partial charge in [0, 0.05) is 24.6 Å². The molecular weight excluding hydrogens is 224 g/mol. The summed E-state index contributed by atoms with van der Waals surface area (Å²) in [5.74, 6) is -0.593. The van der Waals surface area contributed by atoms with E-state index in [-0.39, 0.29) is 6.04 Å². The molecule has 1 aliphatic rings. The number of nitrogens with one attached hydrogen (secondary N) is 1. The summed E-state index contributed by atoms with van der Waals surface area (Å²) in [7, 11) is 1.87. The van der Waals surface area contributed by atoms with Crippen LogP contribution in [0.2, 0.25) is 0 Å². The SMILES string of the molecule is CNC(Cc1ccc(F)cc1F)C1CCOC1. The predicted molar refractivity (Wildman–Crippen MR) is 61.8 cm³/mol. The molecule has 0 radical (unpaired) electrons. The number of hydrogen-bond donors (Lipinski definition) is 1. The van der Waals surface area contributed by atoms with Crippen LogP contribution in [0.25, 0.3) is 0 Å². The summed E-state index contributed by atoms with van der Waals surface area (Å²) < 4.78 is 31.7.